The monoisotopic (exact) mass is 181 g/mol. The summed E-state index contributed by atoms with van der Waals surface area (Å²) in [4.78, 5) is 4.50. The van der Waals surface area contributed by atoms with Gasteiger partial charge in [-0.15, -0.1) is 0 Å². The molecular formula is C11H19NO. The van der Waals surface area contributed by atoms with Crippen molar-refractivity contribution in [3.63, 3.8) is 0 Å². The third kappa shape index (κ3) is 2.33. The minimum atomic E-state index is 0.399. The van der Waals surface area contributed by atoms with Crippen molar-refractivity contribution in [2.75, 3.05) is 0 Å². The Morgan fingerprint density at radius 2 is 2.00 bits per heavy atom. The molecule has 0 fully saturated rings. The van der Waals surface area contributed by atoms with E-state index in [-0.39, 0.29) is 0 Å². The standard InChI is InChI=1S/C11H19NO/c1-5-7-9-10(6-2)13-11(12-9)8(3)4/h8H,5-7H2,1-4H3. The van der Waals surface area contributed by atoms with Crippen LogP contribution in [0.15, 0.2) is 4.42 Å². The molecule has 0 atom stereocenters. The van der Waals surface area contributed by atoms with Gasteiger partial charge in [0, 0.05) is 12.3 Å². The normalized spacial score (nSPS) is 11.2. The van der Waals surface area contributed by atoms with Crippen LogP contribution in [0.1, 0.15) is 57.4 Å². The number of nitrogens with zero attached hydrogens (tertiary/aromatic N) is 1. The molecule has 2 nitrogen and oxygen atoms in total. The van der Waals surface area contributed by atoms with Crippen LogP contribution in [-0.2, 0) is 12.8 Å². The molecule has 74 valence electrons. The average Bonchev–Trinajstić information content (AvgIpc) is 2.48. The van der Waals surface area contributed by atoms with E-state index in [1.165, 1.54) is 0 Å². The molecule has 0 amide bonds. The van der Waals surface area contributed by atoms with Gasteiger partial charge in [0.05, 0.1) is 5.69 Å². The fraction of sp³-hybridized carbons (Fsp3) is 0.727. The first-order chi connectivity index (χ1) is 6.19. The van der Waals surface area contributed by atoms with Crippen molar-refractivity contribution >= 4 is 0 Å². The minimum Gasteiger partial charge on any atom is -0.445 e. The van der Waals surface area contributed by atoms with Gasteiger partial charge < -0.3 is 4.42 Å². The molecule has 0 saturated carbocycles. The number of aromatic nitrogens is 1. The largest absolute Gasteiger partial charge is 0.445 e. The molecule has 0 aliphatic rings. The van der Waals surface area contributed by atoms with E-state index >= 15 is 0 Å². The maximum Gasteiger partial charge on any atom is 0.197 e. The molecule has 0 aromatic carbocycles. The number of aryl methyl sites for hydroxylation is 2. The van der Waals surface area contributed by atoms with Crippen LogP contribution in [0.4, 0.5) is 0 Å². The van der Waals surface area contributed by atoms with E-state index in [0.29, 0.717) is 5.92 Å². The lowest BCUT2D eigenvalue weighted by Crippen LogP contribution is -1.90. The number of hydrogen-bond donors (Lipinski definition) is 0. The zero-order valence-corrected chi connectivity index (χ0v) is 9.05. The smallest absolute Gasteiger partial charge is 0.197 e. The van der Waals surface area contributed by atoms with Gasteiger partial charge in [0.15, 0.2) is 5.89 Å². The van der Waals surface area contributed by atoms with Crippen molar-refractivity contribution in [2.24, 2.45) is 0 Å². The Balaban J connectivity index is 2.90. The van der Waals surface area contributed by atoms with Crippen LogP contribution < -0.4 is 0 Å². The van der Waals surface area contributed by atoms with E-state index in [4.69, 9.17) is 4.42 Å². The molecule has 0 aliphatic heterocycles. The van der Waals surface area contributed by atoms with Gasteiger partial charge in [-0.1, -0.05) is 34.1 Å². The Kier molecular flexibility index (Phi) is 3.52. The van der Waals surface area contributed by atoms with Gasteiger partial charge in [0.1, 0.15) is 5.76 Å². The summed E-state index contributed by atoms with van der Waals surface area (Å²) in [5.74, 6) is 2.36. The molecular weight excluding hydrogens is 162 g/mol. The molecule has 1 rings (SSSR count). The van der Waals surface area contributed by atoms with Crippen LogP contribution in [0.5, 0.6) is 0 Å². The third-order valence-electron chi connectivity index (χ3n) is 2.10. The molecule has 0 saturated heterocycles. The predicted octanol–water partition coefficient (Wildman–Crippen LogP) is 3.31. The summed E-state index contributed by atoms with van der Waals surface area (Å²) in [5, 5.41) is 0. The quantitative estimate of drug-likeness (QED) is 0.712. The topological polar surface area (TPSA) is 26.0 Å². The summed E-state index contributed by atoms with van der Waals surface area (Å²) >= 11 is 0. The summed E-state index contributed by atoms with van der Waals surface area (Å²) in [6.45, 7) is 8.51. The molecule has 0 radical (unpaired) electrons. The van der Waals surface area contributed by atoms with Crippen LogP contribution in [0.3, 0.4) is 0 Å². The first-order valence-corrected chi connectivity index (χ1v) is 5.17. The zero-order valence-electron chi connectivity index (χ0n) is 9.05. The number of oxazole rings is 1. The third-order valence-corrected chi connectivity index (χ3v) is 2.10. The molecule has 13 heavy (non-hydrogen) atoms. The highest BCUT2D eigenvalue weighted by atomic mass is 16.4. The first kappa shape index (κ1) is 10.3. The summed E-state index contributed by atoms with van der Waals surface area (Å²) in [6, 6.07) is 0. The summed E-state index contributed by atoms with van der Waals surface area (Å²) in [5.41, 5.74) is 1.16. The number of hydrogen-bond acceptors (Lipinski definition) is 2. The Labute approximate surface area is 80.4 Å². The lowest BCUT2D eigenvalue weighted by atomic mass is 10.2. The molecule has 0 aliphatic carbocycles. The second-order valence-corrected chi connectivity index (χ2v) is 3.68. The van der Waals surface area contributed by atoms with E-state index in [2.05, 4.69) is 32.7 Å². The Bertz CT molecular complexity index is 263. The highest BCUT2D eigenvalue weighted by Gasteiger charge is 2.12. The van der Waals surface area contributed by atoms with E-state index in [1.54, 1.807) is 0 Å². The molecule has 2 heteroatoms. The fourth-order valence-electron chi connectivity index (χ4n) is 1.36. The molecule has 0 spiro atoms. The van der Waals surface area contributed by atoms with Crippen LogP contribution >= 0.6 is 0 Å². The van der Waals surface area contributed by atoms with Gasteiger partial charge in [-0.05, 0) is 6.42 Å². The van der Waals surface area contributed by atoms with Gasteiger partial charge in [-0.25, -0.2) is 4.98 Å². The molecule has 0 unspecified atom stereocenters. The van der Waals surface area contributed by atoms with Gasteiger partial charge in [-0.3, -0.25) is 0 Å². The van der Waals surface area contributed by atoms with Gasteiger partial charge in [-0.2, -0.15) is 0 Å². The molecule has 1 aromatic heterocycles. The van der Waals surface area contributed by atoms with Crippen molar-refractivity contribution in [3.05, 3.63) is 17.3 Å². The Morgan fingerprint density at radius 3 is 2.46 bits per heavy atom. The van der Waals surface area contributed by atoms with Crippen LogP contribution in [0.2, 0.25) is 0 Å². The van der Waals surface area contributed by atoms with Crippen molar-refractivity contribution in [3.8, 4) is 0 Å². The van der Waals surface area contributed by atoms with Crippen molar-refractivity contribution in [1.82, 2.24) is 4.98 Å². The zero-order chi connectivity index (χ0) is 9.84. The number of rotatable bonds is 4. The summed E-state index contributed by atoms with van der Waals surface area (Å²) in [7, 11) is 0. The second kappa shape index (κ2) is 4.45. The van der Waals surface area contributed by atoms with Crippen molar-refractivity contribution < 1.29 is 4.42 Å². The van der Waals surface area contributed by atoms with Crippen molar-refractivity contribution in [2.45, 2.75) is 52.9 Å². The van der Waals surface area contributed by atoms with E-state index in [9.17, 15) is 0 Å². The molecule has 1 heterocycles. The van der Waals surface area contributed by atoms with E-state index in [1.807, 2.05) is 0 Å². The molecule has 1 aromatic rings. The minimum absolute atomic E-state index is 0.399. The van der Waals surface area contributed by atoms with Gasteiger partial charge >= 0.3 is 0 Å². The first-order valence-electron chi connectivity index (χ1n) is 5.17. The maximum atomic E-state index is 5.67. The highest BCUT2D eigenvalue weighted by Crippen LogP contribution is 2.19. The summed E-state index contributed by atoms with van der Waals surface area (Å²) in [6.07, 6.45) is 3.13. The predicted molar refractivity (Wildman–Crippen MR) is 54.0 cm³/mol. The molecule has 0 bridgehead atoms. The lowest BCUT2D eigenvalue weighted by Gasteiger charge is -1.94. The van der Waals surface area contributed by atoms with Crippen LogP contribution in [0, 0.1) is 0 Å². The van der Waals surface area contributed by atoms with Crippen LogP contribution in [-0.4, -0.2) is 4.98 Å². The van der Waals surface area contributed by atoms with Crippen LogP contribution in [0.25, 0.3) is 0 Å². The average molecular weight is 181 g/mol. The maximum absolute atomic E-state index is 5.67. The van der Waals surface area contributed by atoms with E-state index in [0.717, 1.165) is 36.6 Å². The van der Waals surface area contributed by atoms with E-state index < -0.39 is 0 Å². The second-order valence-electron chi connectivity index (χ2n) is 3.68. The molecule has 0 N–H and O–H groups in total. The van der Waals surface area contributed by atoms with Gasteiger partial charge in [0.25, 0.3) is 0 Å². The van der Waals surface area contributed by atoms with Crippen molar-refractivity contribution in [1.29, 1.82) is 0 Å². The summed E-state index contributed by atoms with van der Waals surface area (Å²) < 4.78 is 5.67. The van der Waals surface area contributed by atoms with Gasteiger partial charge in [0.2, 0.25) is 0 Å². The Hall–Kier alpha value is -0.790. The highest BCUT2D eigenvalue weighted by molar-refractivity contribution is 5.11. The fourth-order valence-corrected chi connectivity index (χ4v) is 1.36. The lowest BCUT2D eigenvalue weighted by molar-refractivity contribution is 0.438. The SMILES string of the molecule is CCCc1nc(C(C)C)oc1CC. The Morgan fingerprint density at radius 1 is 1.31 bits per heavy atom.